The van der Waals surface area contributed by atoms with Gasteiger partial charge in [0.05, 0.1) is 13.1 Å². The molecule has 0 saturated heterocycles. The van der Waals surface area contributed by atoms with Crippen LogP contribution in [0.2, 0.25) is 0 Å². The highest BCUT2D eigenvalue weighted by atomic mass is 16.6. The first-order valence-corrected chi connectivity index (χ1v) is 4.86. The van der Waals surface area contributed by atoms with Crippen molar-refractivity contribution in [2.75, 3.05) is 19.6 Å². The number of aliphatic imine (C=N–C) groups is 1. The van der Waals surface area contributed by atoms with Crippen molar-refractivity contribution in [3.05, 3.63) is 0 Å². The van der Waals surface area contributed by atoms with Gasteiger partial charge in [0.2, 0.25) is 0 Å². The van der Waals surface area contributed by atoms with Gasteiger partial charge in [-0.2, -0.15) is 0 Å². The Morgan fingerprint density at radius 3 is 2.64 bits per heavy atom. The summed E-state index contributed by atoms with van der Waals surface area (Å²) >= 11 is 0. The van der Waals surface area contributed by atoms with E-state index in [0.29, 0.717) is 19.6 Å². The summed E-state index contributed by atoms with van der Waals surface area (Å²) in [6, 6.07) is 0. The fraction of sp³-hybridized carbons (Fsp3) is 0.800. The Balaban J connectivity index is 2.50. The Bertz CT molecular complexity index is 253. The van der Waals surface area contributed by atoms with E-state index in [1.807, 2.05) is 27.7 Å². The molecule has 4 nitrogen and oxygen atoms in total. The van der Waals surface area contributed by atoms with Crippen molar-refractivity contribution < 1.29 is 9.53 Å². The van der Waals surface area contributed by atoms with Crippen LogP contribution in [-0.4, -0.2) is 41.9 Å². The number of nitrogens with zero attached hydrogens (tertiary/aromatic N) is 2. The summed E-state index contributed by atoms with van der Waals surface area (Å²) in [5, 5.41) is 0. The zero-order chi connectivity index (χ0) is 10.8. The van der Waals surface area contributed by atoms with Crippen molar-refractivity contribution in [2.24, 2.45) is 4.99 Å². The van der Waals surface area contributed by atoms with E-state index in [9.17, 15) is 4.79 Å². The lowest BCUT2D eigenvalue weighted by atomic mass is 10.2. The van der Waals surface area contributed by atoms with Crippen LogP contribution in [0, 0.1) is 0 Å². The quantitative estimate of drug-likeness (QED) is 0.594. The van der Waals surface area contributed by atoms with E-state index in [1.54, 1.807) is 4.90 Å². The van der Waals surface area contributed by atoms with Crippen molar-refractivity contribution in [1.82, 2.24) is 4.90 Å². The van der Waals surface area contributed by atoms with Crippen LogP contribution in [0.5, 0.6) is 0 Å². The predicted octanol–water partition coefficient (Wildman–Crippen LogP) is 1.70. The molecule has 80 valence electrons. The fourth-order valence-electron chi connectivity index (χ4n) is 1.25. The van der Waals surface area contributed by atoms with Crippen LogP contribution in [0.15, 0.2) is 4.99 Å². The van der Waals surface area contributed by atoms with Crippen molar-refractivity contribution >= 4 is 11.8 Å². The van der Waals surface area contributed by atoms with Crippen molar-refractivity contribution in [3.8, 4) is 0 Å². The lowest BCUT2D eigenvalue weighted by Crippen LogP contribution is -2.42. The fourth-order valence-corrected chi connectivity index (χ4v) is 1.25. The van der Waals surface area contributed by atoms with Crippen molar-refractivity contribution in [1.29, 1.82) is 0 Å². The molecule has 0 radical (unpaired) electrons. The van der Waals surface area contributed by atoms with Gasteiger partial charge in [-0.1, -0.05) is 0 Å². The zero-order valence-electron chi connectivity index (χ0n) is 9.33. The normalized spacial score (nSPS) is 17.7. The van der Waals surface area contributed by atoms with Gasteiger partial charge in [0.15, 0.2) is 0 Å². The second kappa shape index (κ2) is 3.98. The summed E-state index contributed by atoms with van der Waals surface area (Å²) in [5.74, 6) is 0. The van der Waals surface area contributed by atoms with Crippen LogP contribution in [0.3, 0.4) is 0 Å². The molecular weight excluding hydrogens is 180 g/mol. The minimum absolute atomic E-state index is 0.244. The Morgan fingerprint density at radius 1 is 1.50 bits per heavy atom. The third kappa shape index (κ3) is 3.36. The number of amides is 1. The Labute approximate surface area is 84.9 Å². The van der Waals surface area contributed by atoms with Gasteiger partial charge in [-0.3, -0.25) is 4.99 Å². The summed E-state index contributed by atoms with van der Waals surface area (Å²) in [6.07, 6.45) is -0.244. The zero-order valence-corrected chi connectivity index (χ0v) is 9.33. The summed E-state index contributed by atoms with van der Waals surface area (Å²) in [6.45, 7) is 9.48. The van der Waals surface area contributed by atoms with Crippen LogP contribution in [0.25, 0.3) is 0 Å². The lowest BCUT2D eigenvalue weighted by molar-refractivity contribution is 0.0278. The van der Waals surface area contributed by atoms with Gasteiger partial charge in [0.1, 0.15) is 5.60 Å². The summed E-state index contributed by atoms with van der Waals surface area (Å²) in [7, 11) is 0. The molecule has 0 aromatic heterocycles. The summed E-state index contributed by atoms with van der Waals surface area (Å²) in [4.78, 5) is 17.5. The molecule has 0 spiro atoms. The molecule has 0 atom stereocenters. The van der Waals surface area contributed by atoms with E-state index in [0.717, 1.165) is 5.71 Å². The van der Waals surface area contributed by atoms with E-state index >= 15 is 0 Å². The molecule has 0 saturated carbocycles. The van der Waals surface area contributed by atoms with Crippen molar-refractivity contribution in [3.63, 3.8) is 0 Å². The second-order valence-corrected chi connectivity index (χ2v) is 4.52. The number of carbonyl (C=O) groups excluding carboxylic acids is 1. The van der Waals surface area contributed by atoms with Crippen LogP contribution >= 0.6 is 0 Å². The predicted molar refractivity (Wildman–Crippen MR) is 55.8 cm³/mol. The number of carbonyl (C=O) groups is 1. The van der Waals surface area contributed by atoms with Gasteiger partial charge in [-0.25, -0.2) is 4.79 Å². The highest BCUT2D eigenvalue weighted by molar-refractivity contribution is 5.87. The molecule has 1 aliphatic heterocycles. The Hall–Kier alpha value is -1.06. The van der Waals surface area contributed by atoms with Gasteiger partial charge >= 0.3 is 6.09 Å². The first-order chi connectivity index (χ1) is 6.38. The van der Waals surface area contributed by atoms with E-state index < -0.39 is 5.60 Å². The van der Waals surface area contributed by atoms with Crippen LogP contribution in [0.1, 0.15) is 27.7 Å². The molecule has 14 heavy (non-hydrogen) atoms. The summed E-state index contributed by atoms with van der Waals surface area (Å²) in [5.41, 5.74) is 0.571. The molecule has 0 bridgehead atoms. The number of rotatable bonds is 0. The number of ether oxygens (including phenoxy) is 1. The van der Waals surface area contributed by atoms with Gasteiger partial charge in [0.25, 0.3) is 0 Å². The first kappa shape index (κ1) is 11.0. The van der Waals surface area contributed by atoms with E-state index in [1.165, 1.54) is 0 Å². The van der Waals surface area contributed by atoms with E-state index in [-0.39, 0.29) is 6.09 Å². The molecule has 1 amide bonds. The number of hydrogen-bond donors (Lipinski definition) is 0. The molecule has 0 aliphatic carbocycles. The molecule has 0 unspecified atom stereocenters. The maximum Gasteiger partial charge on any atom is 0.410 e. The molecule has 0 N–H and O–H groups in total. The third-order valence-electron chi connectivity index (χ3n) is 1.82. The van der Waals surface area contributed by atoms with Gasteiger partial charge in [-0.15, -0.1) is 0 Å². The lowest BCUT2D eigenvalue weighted by Gasteiger charge is -2.28. The molecule has 1 heterocycles. The standard InChI is InChI=1S/C10H18N2O2/c1-8-7-12(6-5-11-8)9(13)14-10(2,3)4/h5-7H2,1-4H3. The molecule has 4 heteroatoms. The molecule has 0 aromatic rings. The SMILES string of the molecule is CC1=NCCN(C(=O)OC(C)(C)C)C1. The molecular formula is C10H18N2O2. The highest BCUT2D eigenvalue weighted by Crippen LogP contribution is 2.10. The highest BCUT2D eigenvalue weighted by Gasteiger charge is 2.23. The topological polar surface area (TPSA) is 41.9 Å². The van der Waals surface area contributed by atoms with Gasteiger partial charge in [0, 0.05) is 12.3 Å². The maximum atomic E-state index is 11.6. The Morgan fingerprint density at radius 2 is 2.14 bits per heavy atom. The minimum atomic E-state index is -0.417. The first-order valence-electron chi connectivity index (χ1n) is 4.86. The monoisotopic (exact) mass is 198 g/mol. The van der Waals surface area contributed by atoms with Crippen LogP contribution < -0.4 is 0 Å². The average Bonchev–Trinajstić information content (AvgIpc) is 2.01. The van der Waals surface area contributed by atoms with Crippen LogP contribution in [-0.2, 0) is 4.74 Å². The van der Waals surface area contributed by atoms with E-state index in [4.69, 9.17) is 4.74 Å². The second-order valence-electron chi connectivity index (χ2n) is 4.52. The third-order valence-corrected chi connectivity index (χ3v) is 1.82. The van der Waals surface area contributed by atoms with E-state index in [2.05, 4.69) is 4.99 Å². The molecule has 1 aliphatic rings. The largest absolute Gasteiger partial charge is 0.444 e. The number of hydrogen-bond acceptors (Lipinski definition) is 3. The summed E-state index contributed by atoms with van der Waals surface area (Å²) < 4.78 is 5.26. The van der Waals surface area contributed by atoms with Crippen LogP contribution in [0.4, 0.5) is 4.79 Å². The smallest absolute Gasteiger partial charge is 0.410 e. The van der Waals surface area contributed by atoms with Gasteiger partial charge in [-0.05, 0) is 27.7 Å². The van der Waals surface area contributed by atoms with Gasteiger partial charge < -0.3 is 9.64 Å². The molecule has 0 aromatic carbocycles. The maximum absolute atomic E-state index is 11.6. The molecule has 1 rings (SSSR count). The average molecular weight is 198 g/mol. The van der Waals surface area contributed by atoms with Crippen molar-refractivity contribution in [2.45, 2.75) is 33.3 Å². The Kier molecular flexibility index (Phi) is 3.13. The minimum Gasteiger partial charge on any atom is -0.444 e. The molecule has 0 fully saturated rings.